The molecule has 6 heteroatoms. The molecular formula is C16H15N5O. The van der Waals surface area contributed by atoms with Crippen LogP contribution in [0, 0.1) is 11.3 Å². The fraction of sp³-hybridized carbons (Fsp3) is 0.250. The summed E-state index contributed by atoms with van der Waals surface area (Å²) >= 11 is 0. The van der Waals surface area contributed by atoms with Crippen LogP contribution < -0.4 is 5.32 Å². The molecule has 1 aliphatic heterocycles. The second-order valence-corrected chi connectivity index (χ2v) is 5.23. The van der Waals surface area contributed by atoms with Crippen LogP contribution in [0.1, 0.15) is 23.7 Å². The van der Waals surface area contributed by atoms with Gasteiger partial charge in [0.1, 0.15) is 11.8 Å². The molecular weight excluding hydrogens is 278 g/mol. The van der Waals surface area contributed by atoms with E-state index in [-0.39, 0.29) is 18.0 Å². The zero-order valence-electron chi connectivity index (χ0n) is 12.1. The van der Waals surface area contributed by atoms with Crippen LogP contribution in [-0.4, -0.2) is 33.9 Å². The van der Waals surface area contributed by atoms with Gasteiger partial charge in [-0.2, -0.15) is 5.26 Å². The van der Waals surface area contributed by atoms with Crippen LogP contribution in [0.4, 0.5) is 5.69 Å². The topological polar surface area (TPSA) is 81.9 Å². The van der Waals surface area contributed by atoms with E-state index in [2.05, 4.69) is 15.3 Å². The van der Waals surface area contributed by atoms with Crippen molar-refractivity contribution >= 4 is 11.6 Å². The van der Waals surface area contributed by atoms with Crippen LogP contribution in [0.2, 0.25) is 0 Å². The lowest BCUT2D eigenvalue weighted by atomic mass is 10.0. The third-order valence-corrected chi connectivity index (χ3v) is 3.84. The van der Waals surface area contributed by atoms with Gasteiger partial charge in [-0.3, -0.25) is 9.78 Å². The minimum Gasteiger partial charge on any atom is -0.378 e. The first kappa shape index (κ1) is 14.0. The average Bonchev–Trinajstić information content (AvgIpc) is 2.83. The van der Waals surface area contributed by atoms with Crippen LogP contribution >= 0.6 is 0 Å². The summed E-state index contributed by atoms with van der Waals surface area (Å²) in [5.74, 6) is 0.0907. The van der Waals surface area contributed by atoms with Gasteiger partial charge in [0.2, 0.25) is 5.91 Å². The number of hydrogen-bond acceptors (Lipinski definition) is 5. The maximum atomic E-state index is 12.1. The molecule has 0 saturated carbocycles. The highest BCUT2D eigenvalue weighted by Gasteiger charge is 2.38. The standard InChI is InChI=1S/C16H15N5O/c1-21-15(22)7-14(16(21)11-3-2-6-18-9-11)20-13-5-4-12(8-17)19-10-13/h2-6,9-10,14,16,20H,7H2,1H3/t14-,16+/m1/s1. The first-order chi connectivity index (χ1) is 10.7. The monoisotopic (exact) mass is 293 g/mol. The number of amides is 1. The molecule has 3 rings (SSSR count). The number of likely N-dealkylation sites (tertiary alicyclic amines) is 1. The van der Waals surface area contributed by atoms with Crippen molar-refractivity contribution in [2.75, 3.05) is 12.4 Å². The van der Waals surface area contributed by atoms with Crippen LogP contribution in [0.15, 0.2) is 42.9 Å². The molecule has 2 atom stereocenters. The minimum atomic E-state index is -0.0724. The Labute approximate surface area is 128 Å². The molecule has 1 aliphatic rings. The Morgan fingerprint density at radius 3 is 2.86 bits per heavy atom. The molecule has 3 heterocycles. The predicted molar refractivity (Wildman–Crippen MR) is 80.7 cm³/mol. The maximum absolute atomic E-state index is 12.1. The molecule has 0 spiro atoms. The number of nitrogens with zero attached hydrogens (tertiary/aromatic N) is 4. The summed E-state index contributed by atoms with van der Waals surface area (Å²) in [5.41, 5.74) is 2.16. The van der Waals surface area contributed by atoms with E-state index in [0.29, 0.717) is 12.1 Å². The molecule has 0 radical (unpaired) electrons. The number of carbonyl (C=O) groups excluding carboxylic acids is 1. The van der Waals surface area contributed by atoms with E-state index in [9.17, 15) is 4.79 Å². The maximum Gasteiger partial charge on any atom is 0.225 e. The second-order valence-electron chi connectivity index (χ2n) is 5.23. The van der Waals surface area contributed by atoms with E-state index in [4.69, 9.17) is 5.26 Å². The van der Waals surface area contributed by atoms with Gasteiger partial charge in [0.05, 0.1) is 24.0 Å². The van der Waals surface area contributed by atoms with Gasteiger partial charge in [0.15, 0.2) is 0 Å². The van der Waals surface area contributed by atoms with Crippen molar-refractivity contribution in [2.45, 2.75) is 18.5 Å². The van der Waals surface area contributed by atoms with Gasteiger partial charge in [-0.05, 0) is 23.8 Å². The normalized spacial score (nSPS) is 20.7. The number of carbonyl (C=O) groups is 1. The Morgan fingerprint density at radius 2 is 2.23 bits per heavy atom. The molecule has 0 aliphatic carbocycles. The smallest absolute Gasteiger partial charge is 0.225 e. The lowest BCUT2D eigenvalue weighted by Crippen LogP contribution is -2.29. The SMILES string of the molecule is CN1C(=O)C[C@@H](Nc2ccc(C#N)nc2)[C@@H]1c1cccnc1. The number of nitrogens with one attached hydrogen (secondary N) is 1. The number of aromatic nitrogens is 2. The summed E-state index contributed by atoms with van der Waals surface area (Å²) in [5, 5.41) is 12.1. The average molecular weight is 293 g/mol. The van der Waals surface area contributed by atoms with E-state index in [1.165, 1.54) is 0 Å². The molecule has 0 unspecified atom stereocenters. The van der Waals surface area contributed by atoms with Gasteiger partial charge in [0.25, 0.3) is 0 Å². The number of pyridine rings is 2. The minimum absolute atomic E-state index is 0.0589. The van der Waals surface area contributed by atoms with Crippen molar-refractivity contribution < 1.29 is 4.79 Å². The molecule has 110 valence electrons. The molecule has 2 aromatic heterocycles. The summed E-state index contributed by atoms with van der Waals surface area (Å²) in [6.45, 7) is 0. The Balaban J connectivity index is 1.84. The molecule has 6 nitrogen and oxygen atoms in total. The Kier molecular flexibility index (Phi) is 3.71. The fourth-order valence-corrected chi connectivity index (χ4v) is 2.77. The summed E-state index contributed by atoms with van der Waals surface area (Å²) < 4.78 is 0. The van der Waals surface area contributed by atoms with Gasteiger partial charge >= 0.3 is 0 Å². The highest BCUT2D eigenvalue weighted by molar-refractivity contribution is 5.81. The molecule has 1 amide bonds. The van der Waals surface area contributed by atoms with Gasteiger partial charge in [-0.1, -0.05) is 6.07 Å². The number of anilines is 1. The van der Waals surface area contributed by atoms with Crippen molar-refractivity contribution in [3.8, 4) is 6.07 Å². The molecule has 0 bridgehead atoms. The molecule has 2 aromatic rings. The quantitative estimate of drug-likeness (QED) is 0.932. The highest BCUT2D eigenvalue weighted by atomic mass is 16.2. The van der Waals surface area contributed by atoms with Gasteiger partial charge in [-0.25, -0.2) is 4.98 Å². The summed E-state index contributed by atoms with van der Waals surface area (Å²) in [6, 6.07) is 9.15. The van der Waals surface area contributed by atoms with Crippen LogP contribution in [0.3, 0.4) is 0 Å². The fourth-order valence-electron chi connectivity index (χ4n) is 2.77. The lowest BCUT2D eigenvalue weighted by molar-refractivity contribution is -0.127. The summed E-state index contributed by atoms with van der Waals surface area (Å²) in [4.78, 5) is 22.0. The van der Waals surface area contributed by atoms with Crippen molar-refractivity contribution in [1.29, 1.82) is 5.26 Å². The molecule has 0 aromatic carbocycles. The van der Waals surface area contributed by atoms with E-state index in [0.717, 1.165) is 11.3 Å². The number of likely N-dealkylation sites (N-methyl/N-ethyl adjacent to an activating group) is 1. The Hall–Kier alpha value is -2.94. The number of hydrogen-bond donors (Lipinski definition) is 1. The van der Waals surface area contributed by atoms with E-state index < -0.39 is 0 Å². The third-order valence-electron chi connectivity index (χ3n) is 3.84. The van der Waals surface area contributed by atoms with Gasteiger partial charge in [-0.15, -0.1) is 0 Å². The van der Waals surface area contributed by atoms with Crippen molar-refractivity contribution in [1.82, 2.24) is 14.9 Å². The van der Waals surface area contributed by atoms with E-state index in [1.54, 1.807) is 42.7 Å². The molecule has 22 heavy (non-hydrogen) atoms. The van der Waals surface area contributed by atoms with Crippen molar-refractivity contribution in [3.05, 3.63) is 54.1 Å². The predicted octanol–water partition coefficient (Wildman–Crippen LogP) is 1.73. The van der Waals surface area contributed by atoms with Crippen molar-refractivity contribution in [3.63, 3.8) is 0 Å². The summed E-state index contributed by atoms with van der Waals surface area (Å²) in [7, 11) is 1.80. The largest absolute Gasteiger partial charge is 0.378 e. The van der Waals surface area contributed by atoms with Crippen LogP contribution in [0.25, 0.3) is 0 Å². The first-order valence-electron chi connectivity index (χ1n) is 6.97. The zero-order valence-corrected chi connectivity index (χ0v) is 12.1. The Bertz CT molecular complexity index is 708. The molecule has 1 fully saturated rings. The van der Waals surface area contributed by atoms with Crippen molar-refractivity contribution in [2.24, 2.45) is 0 Å². The third kappa shape index (κ3) is 2.61. The lowest BCUT2D eigenvalue weighted by Gasteiger charge is -2.26. The molecule has 1 saturated heterocycles. The zero-order chi connectivity index (χ0) is 15.5. The first-order valence-corrected chi connectivity index (χ1v) is 6.97. The van der Waals surface area contributed by atoms with Gasteiger partial charge in [0, 0.05) is 25.9 Å². The van der Waals surface area contributed by atoms with E-state index in [1.807, 2.05) is 18.2 Å². The second kappa shape index (κ2) is 5.82. The Morgan fingerprint density at radius 1 is 1.36 bits per heavy atom. The number of nitriles is 1. The summed E-state index contributed by atoms with van der Waals surface area (Å²) in [6.07, 6.45) is 5.52. The molecule has 1 N–H and O–H groups in total. The van der Waals surface area contributed by atoms with Crippen LogP contribution in [0.5, 0.6) is 0 Å². The number of rotatable bonds is 3. The van der Waals surface area contributed by atoms with Gasteiger partial charge < -0.3 is 10.2 Å². The van der Waals surface area contributed by atoms with E-state index >= 15 is 0 Å². The highest BCUT2D eigenvalue weighted by Crippen LogP contribution is 2.33. The van der Waals surface area contributed by atoms with Crippen LogP contribution in [-0.2, 0) is 4.79 Å².